The molecular weight excluding hydrogens is 1370 g/mol. The Morgan fingerprint density at radius 3 is 1.69 bits per heavy atom. The van der Waals surface area contributed by atoms with Crippen molar-refractivity contribution in [3.05, 3.63) is 70.8 Å². The van der Waals surface area contributed by atoms with Crippen LogP contribution >= 0.6 is 35.3 Å². The summed E-state index contributed by atoms with van der Waals surface area (Å²) in [7, 11) is 0. The third-order valence-corrected chi connectivity index (χ3v) is 20.7. The zero-order valence-corrected chi connectivity index (χ0v) is 59.6. The Morgan fingerprint density at radius 2 is 1.15 bits per heavy atom. The molecule has 4 heterocycles. The lowest BCUT2D eigenvalue weighted by Crippen LogP contribution is -2.61. The second-order valence-corrected chi connectivity index (χ2v) is 28.7. The summed E-state index contributed by atoms with van der Waals surface area (Å²) in [6, 6.07) is 4.14. The largest absolute Gasteiger partial charge is 0.480 e. The highest BCUT2D eigenvalue weighted by molar-refractivity contribution is 7.99. The molecule has 0 spiro atoms. The smallest absolute Gasteiger partial charge is 0.327 e. The maximum Gasteiger partial charge on any atom is 0.327 e. The standard InChI is InChI=1S/C66H98N14O18S3/c1-3-4-16-69-66(98)73-49-40-100-38-45-29-44(37-99-28-17-68-54(83)33-75-20-22-76(34-55(84)85)24-26-78(36-57(88)89)27-25-77(23-21-75)35-56(86)87)30-46(31-45)39-101-41-50(65(96)97)72-60(91)48(32-43-10-6-5-7-11-43)71-59(90)47(14-15-53(67)82)70-62(93)58(42(2)81)74-61(92)51-12-8-18-79(51)64(95)52-13-9-19-80(52)63(49)94/h5-7,10-11,29-31,42,47-52,58,81H,3-4,8-9,12-28,32-41H2,1-2H3,(H2,67,82)(H,68,83)(H,70,93)(H,71,90)(H,72,91)(H,74,92)(H,84,85)(H,86,87)(H,88,89)(H,96,97)(H2,69,73,98)/t42-,47?,48?,49+,50+,51+,52+,58+/m1/s1. The van der Waals surface area contributed by atoms with E-state index in [-0.39, 0.29) is 141 Å². The van der Waals surface area contributed by atoms with Gasteiger partial charge in [0.1, 0.15) is 42.3 Å². The van der Waals surface area contributed by atoms with Crippen molar-refractivity contribution in [3.8, 4) is 0 Å². The van der Waals surface area contributed by atoms with Gasteiger partial charge in [0.2, 0.25) is 47.3 Å². The average Bonchev–Trinajstić information content (AvgIpc) is 1.72. The Kier molecular flexibility index (Phi) is 34.6. The third-order valence-electron chi connectivity index (χ3n) is 17.4. The highest BCUT2D eigenvalue weighted by atomic mass is 32.2. The van der Waals surface area contributed by atoms with Gasteiger partial charge in [-0.25, -0.2) is 9.59 Å². The number of aliphatic hydroxyl groups excluding tert-OH is 1. The van der Waals surface area contributed by atoms with Gasteiger partial charge in [0, 0.05) is 126 Å². The van der Waals surface area contributed by atoms with Crippen molar-refractivity contribution in [2.24, 2.45) is 5.73 Å². The van der Waals surface area contributed by atoms with Crippen LogP contribution in [0.5, 0.6) is 0 Å². The molecule has 32 nitrogen and oxygen atoms in total. The predicted molar refractivity (Wildman–Crippen MR) is 377 cm³/mol. The molecule has 0 saturated carbocycles. The number of nitrogens with one attached hydrogen (secondary N) is 7. The first kappa shape index (κ1) is 82.2. The van der Waals surface area contributed by atoms with Gasteiger partial charge in [0.05, 0.1) is 32.3 Å². The molecule has 2 aromatic carbocycles. The number of rotatable bonds is 24. The van der Waals surface area contributed by atoms with E-state index in [9.17, 15) is 87.9 Å². The lowest BCUT2D eigenvalue weighted by Gasteiger charge is -2.33. The number of amides is 10. The molecule has 2 unspecified atom stereocenters. The summed E-state index contributed by atoms with van der Waals surface area (Å²) in [6.07, 6.45) is 0.0833. The molecule has 0 aliphatic carbocycles. The number of fused-ring (bicyclic) bond motifs is 4. The fraction of sp³-hybridized carbons (Fsp3) is 0.621. The van der Waals surface area contributed by atoms with Crippen LogP contribution in [0.3, 0.4) is 0 Å². The second kappa shape index (κ2) is 42.6. The van der Waals surface area contributed by atoms with E-state index in [1.165, 1.54) is 52.0 Å². The molecule has 101 heavy (non-hydrogen) atoms. The number of aliphatic carboxylic acids is 4. The van der Waals surface area contributed by atoms with Crippen molar-refractivity contribution >= 4 is 112 Å². The van der Waals surface area contributed by atoms with E-state index in [1.54, 1.807) is 45.0 Å². The summed E-state index contributed by atoms with van der Waals surface area (Å²) in [4.78, 5) is 184. The van der Waals surface area contributed by atoms with E-state index >= 15 is 0 Å². The molecule has 4 aliphatic rings. The number of thioether (sulfide) groups is 3. The highest BCUT2D eigenvalue weighted by Crippen LogP contribution is 2.28. The molecule has 4 aliphatic heterocycles. The van der Waals surface area contributed by atoms with Crippen molar-refractivity contribution in [1.82, 2.24) is 66.6 Å². The van der Waals surface area contributed by atoms with Crippen LogP contribution < -0.4 is 43.0 Å². The number of aliphatic hydroxyl groups is 1. The quantitative estimate of drug-likeness (QED) is 0.0524. The first-order valence-electron chi connectivity index (χ1n) is 34.0. The first-order valence-corrected chi connectivity index (χ1v) is 37.5. The summed E-state index contributed by atoms with van der Waals surface area (Å²) in [5.74, 6) is -9.28. The molecule has 8 atom stereocenters. The van der Waals surface area contributed by atoms with Crippen molar-refractivity contribution in [2.45, 2.75) is 137 Å². The first-order chi connectivity index (χ1) is 48.3. The Morgan fingerprint density at radius 1 is 0.614 bits per heavy atom. The normalized spacial score (nSPS) is 23.3. The van der Waals surface area contributed by atoms with Gasteiger partial charge in [-0.3, -0.25) is 72.3 Å². The van der Waals surface area contributed by atoms with E-state index in [1.807, 2.05) is 30.0 Å². The topological polar surface area (TPSA) is 453 Å². The van der Waals surface area contributed by atoms with Gasteiger partial charge in [0.25, 0.3) is 0 Å². The Bertz CT molecular complexity index is 3150. The van der Waals surface area contributed by atoms with Crippen molar-refractivity contribution < 1.29 is 87.9 Å². The third kappa shape index (κ3) is 28.5. The zero-order chi connectivity index (χ0) is 73.5. The van der Waals surface area contributed by atoms with Crippen molar-refractivity contribution in [3.63, 3.8) is 0 Å². The lowest BCUT2D eigenvalue weighted by atomic mass is 10.0. The lowest BCUT2D eigenvalue weighted by molar-refractivity contribution is -0.147. The minimum Gasteiger partial charge on any atom is -0.480 e. The maximum atomic E-state index is 14.9. The highest BCUT2D eigenvalue weighted by Gasteiger charge is 2.45. The number of urea groups is 1. The van der Waals surface area contributed by atoms with Gasteiger partial charge in [0.15, 0.2) is 0 Å². The van der Waals surface area contributed by atoms with Crippen LogP contribution in [0.15, 0.2) is 48.5 Å². The number of hydrogen-bond acceptors (Lipinski definition) is 21. The molecule has 3 fully saturated rings. The van der Waals surface area contributed by atoms with E-state index in [0.717, 1.165) is 23.1 Å². The van der Waals surface area contributed by atoms with Gasteiger partial charge in [-0.2, -0.15) is 35.3 Å². The summed E-state index contributed by atoms with van der Waals surface area (Å²) >= 11 is 4.05. The van der Waals surface area contributed by atoms with Crippen LogP contribution in [0, 0.1) is 0 Å². The van der Waals surface area contributed by atoms with E-state index in [0.29, 0.717) is 48.6 Å². The number of hydrogen-bond donors (Lipinski definition) is 13. The maximum absolute atomic E-state index is 14.9. The molecule has 2 aromatic rings. The van der Waals surface area contributed by atoms with Crippen LogP contribution in [-0.2, 0) is 81.2 Å². The Balaban J connectivity index is 1.26. The number of carbonyl (C=O) groups excluding carboxylic acids is 9. The zero-order valence-electron chi connectivity index (χ0n) is 57.2. The Hall–Kier alpha value is -7.80. The van der Waals surface area contributed by atoms with E-state index in [4.69, 9.17) is 5.73 Å². The van der Waals surface area contributed by atoms with Crippen molar-refractivity contribution in [1.29, 1.82) is 0 Å². The molecule has 10 amide bonds. The second-order valence-electron chi connectivity index (χ2n) is 25.5. The molecule has 35 heteroatoms. The number of unbranched alkanes of at least 4 members (excludes halogenated alkanes) is 1. The van der Waals surface area contributed by atoms with Crippen LogP contribution in [-0.4, -0.2) is 302 Å². The summed E-state index contributed by atoms with van der Waals surface area (Å²) in [5, 5.41) is 69.3. The monoisotopic (exact) mass is 1470 g/mol. The summed E-state index contributed by atoms with van der Waals surface area (Å²) < 4.78 is 0. The molecule has 0 aromatic heterocycles. The van der Waals surface area contributed by atoms with Crippen LogP contribution in [0.25, 0.3) is 0 Å². The number of primary amides is 1. The molecular formula is C66H98N14O18S3. The minimum absolute atomic E-state index is 0.0544. The van der Waals surface area contributed by atoms with Gasteiger partial charge in [-0.15, -0.1) is 0 Å². The molecule has 2 bridgehead atoms. The number of nitrogens with two attached hydrogens (primary N) is 1. The molecule has 6 rings (SSSR count). The molecule has 14 N–H and O–H groups in total. The number of benzene rings is 2. The molecule has 3 saturated heterocycles. The number of nitrogens with zero attached hydrogens (tertiary/aromatic N) is 6. The fourth-order valence-electron chi connectivity index (χ4n) is 12.2. The minimum atomic E-state index is -1.72. The van der Waals surface area contributed by atoms with Gasteiger partial charge in [-0.1, -0.05) is 61.9 Å². The van der Waals surface area contributed by atoms with Gasteiger partial charge < -0.3 is 78.3 Å². The number of carbonyl (C=O) groups is 13. The van der Waals surface area contributed by atoms with Crippen LogP contribution in [0.1, 0.15) is 87.5 Å². The molecule has 0 radical (unpaired) electrons. The van der Waals surface area contributed by atoms with Crippen molar-refractivity contribution in [2.75, 3.05) is 122 Å². The predicted octanol–water partition coefficient (Wildman–Crippen LogP) is -1.65. The summed E-state index contributed by atoms with van der Waals surface area (Å²) in [5.41, 5.74) is 8.47. The average molecular weight is 1470 g/mol. The Labute approximate surface area is 599 Å². The number of carboxylic acid groups (broad SMARTS) is 4. The summed E-state index contributed by atoms with van der Waals surface area (Å²) in [6.45, 7) is 4.89. The number of carboxylic acids is 4. The molecule has 558 valence electrons. The van der Waals surface area contributed by atoms with Gasteiger partial charge >= 0.3 is 29.9 Å². The van der Waals surface area contributed by atoms with Crippen LogP contribution in [0.2, 0.25) is 0 Å². The van der Waals surface area contributed by atoms with E-state index < -0.39 is 132 Å². The van der Waals surface area contributed by atoms with E-state index in [2.05, 4.69) is 37.2 Å². The SMILES string of the molecule is CCCCNC(=O)N[C@H]1CSCc2cc(CSCCNC(=O)CN3CCN(CC(=O)O)CCN(CC(=O)O)CCN(CC(=O)O)CC3)cc(c2)CSC[C@@H](C(=O)O)NC(=O)C(Cc2ccccc2)NC(=O)C(CCC(N)=O)NC(=O)[C@H]([C@@H](C)O)NC(=O)[C@@H]2CCCN2C(=O)[C@@H]2CCCN2C1=O. The fourth-order valence-corrected chi connectivity index (χ4v) is 14.9. The van der Waals surface area contributed by atoms with Gasteiger partial charge in [-0.05, 0) is 67.7 Å². The van der Waals surface area contributed by atoms with Crippen LogP contribution in [0.4, 0.5) is 4.79 Å².